The van der Waals surface area contributed by atoms with Gasteiger partial charge in [-0.1, -0.05) is 17.7 Å². The van der Waals surface area contributed by atoms with Crippen LogP contribution in [0.2, 0.25) is 0 Å². The number of azo groups is 1. The molecule has 1 saturated carbocycles. The van der Waals surface area contributed by atoms with Gasteiger partial charge in [0, 0.05) is 32.7 Å². The van der Waals surface area contributed by atoms with Gasteiger partial charge in [0.25, 0.3) is 11.8 Å². The molecule has 1 N–H and O–H groups in total. The normalized spacial score (nSPS) is 29.2. The van der Waals surface area contributed by atoms with Gasteiger partial charge in [-0.25, -0.2) is 0 Å². The van der Waals surface area contributed by atoms with Crippen LogP contribution < -0.4 is 14.5 Å². The largest absolute Gasteiger partial charge is 0.504 e. The third kappa shape index (κ3) is 4.77. The molecule has 0 spiro atoms. The zero-order chi connectivity index (χ0) is 35.0. The molecule has 2 aliphatic heterocycles. The van der Waals surface area contributed by atoms with Crippen LogP contribution in [-0.4, -0.2) is 71.6 Å². The Morgan fingerprint density at radius 2 is 1.51 bits per heavy atom. The Morgan fingerprint density at radius 3 is 2.10 bits per heavy atom. The van der Waals surface area contributed by atoms with Crippen LogP contribution in [0.3, 0.4) is 0 Å². The van der Waals surface area contributed by atoms with Gasteiger partial charge in [0.1, 0.15) is 0 Å². The summed E-state index contributed by atoms with van der Waals surface area (Å²) in [7, 11) is 6.65. The number of fused-ring (bicyclic) bond motifs is 4. The summed E-state index contributed by atoms with van der Waals surface area (Å²) in [6, 6.07) is 18.9. The van der Waals surface area contributed by atoms with Crippen molar-refractivity contribution < 1.29 is 29.0 Å². The van der Waals surface area contributed by atoms with E-state index < -0.39 is 51.1 Å². The van der Waals surface area contributed by atoms with Crippen molar-refractivity contribution in [3.63, 3.8) is 0 Å². The van der Waals surface area contributed by atoms with Crippen LogP contribution in [0.25, 0.3) is 0 Å². The summed E-state index contributed by atoms with van der Waals surface area (Å²) in [5.74, 6) is -5.34. The predicted octanol–water partition coefficient (Wildman–Crippen LogP) is 6.08. The number of halogens is 2. The fraction of sp³-hybridized carbons (Fsp3) is 0.333. The number of allylic oxidation sites excluding steroid dienone is 2. The maximum absolute atomic E-state index is 14.3. The minimum Gasteiger partial charge on any atom is -0.504 e. The van der Waals surface area contributed by atoms with Gasteiger partial charge >= 0.3 is 0 Å². The van der Waals surface area contributed by atoms with Gasteiger partial charge in [0.2, 0.25) is 11.8 Å². The number of hydrogen-bond donors (Lipinski definition) is 1. The number of likely N-dealkylation sites (tertiary alicyclic amines) is 1. The lowest BCUT2D eigenvalue weighted by Crippen LogP contribution is -2.60. The molecule has 4 aliphatic rings. The van der Waals surface area contributed by atoms with Gasteiger partial charge in [-0.3, -0.25) is 29.0 Å². The number of imide groups is 2. The molecule has 252 valence electrons. The van der Waals surface area contributed by atoms with Crippen molar-refractivity contribution in [1.82, 2.24) is 4.90 Å². The highest BCUT2D eigenvalue weighted by molar-refractivity contribution is 6.53. The van der Waals surface area contributed by atoms with Crippen LogP contribution in [0, 0.1) is 17.8 Å². The number of phenols is 1. The van der Waals surface area contributed by atoms with E-state index in [2.05, 4.69) is 10.2 Å². The number of anilines is 2. The molecule has 3 aromatic rings. The first-order valence-corrected chi connectivity index (χ1v) is 16.5. The number of rotatable bonds is 6. The minimum absolute atomic E-state index is 0.125. The van der Waals surface area contributed by atoms with Crippen LogP contribution >= 0.6 is 23.2 Å². The molecule has 0 radical (unpaired) electrons. The van der Waals surface area contributed by atoms with Crippen molar-refractivity contribution in [2.75, 3.05) is 38.1 Å². The summed E-state index contributed by atoms with van der Waals surface area (Å²) < 4.78 is 5.22. The average Bonchev–Trinajstić information content (AvgIpc) is 3.42. The number of alkyl halides is 2. The number of benzene rings is 3. The molecule has 3 aromatic carbocycles. The van der Waals surface area contributed by atoms with E-state index in [1.807, 2.05) is 49.3 Å². The van der Waals surface area contributed by atoms with E-state index in [-0.39, 0.29) is 30.2 Å². The minimum atomic E-state index is -1.94. The van der Waals surface area contributed by atoms with E-state index in [4.69, 9.17) is 27.9 Å². The van der Waals surface area contributed by atoms with Crippen molar-refractivity contribution in [1.29, 1.82) is 0 Å². The van der Waals surface area contributed by atoms with E-state index >= 15 is 0 Å². The van der Waals surface area contributed by atoms with Crippen molar-refractivity contribution >= 4 is 69.6 Å². The number of phenolic OH excluding ortho intramolecular Hbond substituents is 1. The molecule has 11 nitrogen and oxygen atoms in total. The van der Waals surface area contributed by atoms with Crippen LogP contribution in [0.1, 0.15) is 24.3 Å². The van der Waals surface area contributed by atoms with E-state index in [1.54, 1.807) is 30.3 Å². The fourth-order valence-corrected chi connectivity index (χ4v) is 8.88. The monoisotopic (exact) mass is 701 g/mol. The summed E-state index contributed by atoms with van der Waals surface area (Å²) in [5, 5.41) is 19.3. The van der Waals surface area contributed by atoms with Crippen LogP contribution in [0.15, 0.2) is 88.6 Å². The second-order valence-electron chi connectivity index (χ2n) is 13.1. The van der Waals surface area contributed by atoms with Gasteiger partial charge in [-0.2, -0.15) is 10.2 Å². The van der Waals surface area contributed by atoms with E-state index in [0.29, 0.717) is 28.2 Å². The van der Waals surface area contributed by atoms with Gasteiger partial charge < -0.3 is 14.7 Å². The fourth-order valence-electron chi connectivity index (χ4n) is 7.86. The van der Waals surface area contributed by atoms with Crippen molar-refractivity contribution in [2.45, 2.75) is 28.5 Å². The second-order valence-corrected chi connectivity index (χ2v) is 14.3. The van der Waals surface area contributed by atoms with Gasteiger partial charge in [0.05, 0.1) is 36.0 Å². The zero-order valence-electron chi connectivity index (χ0n) is 27.1. The van der Waals surface area contributed by atoms with E-state index in [0.717, 1.165) is 10.6 Å². The van der Waals surface area contributed by atoms with Crippen LogP contribution in [0.4, 0.5) is 22.7 Å². The maximum Gasteiger partial charge on any atom is 0.253 e. The molecule has 0 unspecified atom stereocenters. The SMILES string of the molecule is COc1ccc([C@H]2C3=CC[C@@H]4C(=O)N(c5ccc(N=Nc6ccc(N(C)C)cc6)cc5)C(=O)[C@@H]4[C@@H]3C[C@@]3(Cl)C(=O)N(C)C(=O)[C@@]23Cl)cc1O. The number of methoxy groups -OCH3 is 1. The second kappa shape index (κ2) is 11.7. The molecule has 49 heavy (non-hydrogen) atoms. The lowest BCUT2D eigenvalue weighted by molar-refractivity contribution is -0.138. The van der Waals surface area contributed by atoms with E-state index in [1.165, 1.54) is 31.2 Å². The van der Waals surface area contributed by atoms with Crippen molar-refractivity contribution in [3.05, 3.63) is 83.9 Å². The van der Waals surface area contributed by atoms with E-state index in [9.17, 15) is 24.3 Å². The highest BCUT2D eigenvalue weighted by Gasteiger charge is 2.75. The van der Waals surface area contributed by atoms with Crippen LogP contribution in [-0.2, 0) is 19.2 Å². The Balaban J connectivity index is 1.21. The molecular weight excluding hydrogens is 669 g/mol. The molecule has 0 bridgehead atoms. The molecule has 13 heteroatoms. The standard InChI is InChI=1S/C36H33Cl2N5O6/c1-41(2)22-10-6-20(7-11-22)39-40-21-8-12-23(13-9-21)43-31(45)25-15-14-24-26(29(25)32(43)46)18-35(37)33(47)42(3)34(48)36(35,38)30(24)19-5-16-28(49-4)27(44)17-19/h5-14,16-17,25-26,29-30,44H,15,18H2,1-4H3/t25-,26+,29-,30-,35+,36-/m0/s1. The highest BCUT2D eigenvalue weighted by Crippen LogP contribution is 2.65. The average molecular weight is 703 g/mol. The number of nitrogens with zero attached hydrogens (tertiary/aromatic N) is 5. The number of ether oxygens (including phenoxy) is 1. The Bertz CT molecular complexity index is 1960. The van der Waals surface area contributed by atoms with Crippen molar-refractivity contribution in [2.24, 2.45) is 28.0 Å². The summed E-state index contributed by atoms with van der Waals surface area (Å²) >= 11 is 14.4. The maximum atomic E-state index is 14.3. The molecular formula is C36H33Cl2N5O6. The molecule has 3 fully saturated rings. The Hall–Kier alpha value is -4.74. The number of aromatic hydroxyl groups is 1. The molecule has 0 aromatic heterocycles. The third-order valence-corrected chi connectivity index (χ3v) is 11.7. The summed E-state index contributed by atoms with van der Waals surface area (Å²) in [6.07, 6.45) is 1.94. The Morgan fingerprint density at radius 1 is 0.878 bits per heavy atom. The summed E-state index contributed by atoms with van der Waals surface area (Å²) in [4.78, 5) is 55.8. The Labute approximate surface area is 292 Å². The van der Waals surface area contributed by atoms with Gasteiger partial charge in [0.15, 0.2) is 21.2 Å². The smallest absolute Gasteiger partial charge is 0.253 e. The van der Waals surface area contributed by atoms with Gasteiger partial charge in [-0.15, -0.1) is 23.2 Å². The number of carbonyl (C=O) groups is 4. The number of amides is 4. The summed E-state index contributed by atoms with van der Waals surface area (Å²) in [5.41, 5.74) is 3.69. The predicted molar refractivity (Wildman–Crippen MR) is 184 cm³/mol. The molecule has 7 rings (SSSR count). The lowest BCUT2D eigenvalue weighted by atomic mass is 9.56. The van der Waals surface area contributed by atoms with Crippen LogP contribution in [0.5, 0.6) is 11.5 Å². The summed E-state index contributed by atoms with van der Waals surface area (Å²) in [6.45, 7) is 0. The first-order chi connectivity index (χ1) is 23.3. The number of carbonyl (C=O) groups excluding carboxylic acids is 4. The topological polar surface area (TPSA) is 132 Å². The number of hydrogen-bond acceptors (Lipinski definition) is 9. The van der Waals surface area contributed by atoms with Crippen molar-refractivity contribution in [3.8, 4) is 11.5 Å². The molecule has 4 amide bonds. The highest BCUT2D eigenvalue weighted by atomic mass is 35.5. The quantitative estimate of drug-likeness (QED) is 0.143. The van der Waals surface area contributed by atoms with Gasteiger partial charge in [-0.05, 0) is 85.0 Å². The molecule has 2 heterocycles. The zero-order valence-corrected chi connectivity index (χ0v) is 28.6. The lowest BCUT2D eigenvalue weighted by Gasteiger charge is -2.50. The molecule has 2 aliphatic carbocycles. The Kier molecular flexibility index (Phi) is 7.83. The first kappa shape index (κ1) is 32.8. The third-order valence-electron chi connectivity index (χ3n) is 10.3. The first-order valence-electron chi connectivity index (χ1n) is 15.8. The molecule has 6 atom stereocenters. The molecule has 2 saturated heterocycles.